The molecule has 0 saturated carbocycles. The summed E-state index contributed by atoms with van der Waals surface area (Å²) in [6, 6.07) is 7.81. The monoisotopic (exact) mass is 462 g/mol. The molecule has 2 heterocycles. The summed E-state index contributed by atoms with van der Waals surface area (Å²) in [5.74, 6) is -0.353. The third-order valence-corrected chi connectivity index (χ3v) is 5.34. The molecule has 2 aromatic carbocycles. The molecular formula is C22H22O11. The van der Waals surface area contributed by atoms with Gasteiger partial charge in [0.15, 0.2) is 16.9 Å². The zero-order valence-corrected chi connectivity index (χ0v) is 17.3. The van der Waals surface area contributed by atoms with Crippen molar-refractivity contribution in [2.24, 2.45) is 0 Å². The van der Waals surface area contributed by atoms with Gasteiger partial charge in [-0.25, -0.2) is 0 Å². The van der Waals surface area contributed by atoms with E-state index in [1.54, 1.807) is 0 Å². The van der Waals surface area contributed by atoms with E-state index in [0.29, 0.717) is 5.56 Å². The maximum Gasteiger partial charge on any atom is 0.229 e. The van der Waals surface area contributed by atoms with Crippen LogP contribution in [0.15, 0.2) is 45.6 Å². The molecule has 11 heteroatoms. The predicted molar refractivity (Wildman–Crippen MR) is 112 cm³/mol. The molecule has 3 aromatic rings. The van der Waals surface area contributed by atoms with E-state index < -0.39 is 42.7 Å². The van der Waals surface area contributed by atoms with Crippen LogP contribution >= 0.6 is 0 Å². The summed E-state index contributed by atoms with van der Waals surface area (Å²) in [5.41, 5.74) is -0.189. The van der Waals surface area contributed by atoms with Crippen LogP contribution in [0, 0.1) is 0 Å². The summed E-state index contributed by atoms with van der Waals surface area (Å²) in [5, 5.41) is 59.3. The Labute approximate surface area is 186 Å². The van der Waals surface area contributed by atoms with E-state index in [9.17, 15) is 35.4 Å². The molecule has 33 heavy (non-hydrogen) atoms. The second-order valence-electron chi connectivity index (χ2n) is 7.49. The van der Waals surface area contributed by atoms with Crippen molar-refractivity contribution in [2.75, 3.05) is 13.7 Å². The molecule has 176 valence electrons. The van der Waals surface area contributed by atoms with Crippen molar-refractivity contribution in [3.8, 4) is 34.3 Å². The number of hydrogen-bond acceptors (Lipinski definition) is 11. The van der Waals surface area contributed by atoms with Crippen molar-refractivity contribution >= 4 is 11.0 Å². The lowest BCUT2D eigenvalue weighted by Crippen LogP contribution is -2.60. The molecule has 0 unspecified atom stereocenters. The Bertz CT molecular complexity index is 1220. The van der Waals surface area contributed by atoms with E-state index in [0.717, 1.165) is 6.07 Å². The van der Waals surface area contributed by atoms with Crippen LogP contribution < -0.4 is 14.9 Å². The lowest BCUT2D eigenvalue weighted by molar-refractivity contribution is -0.277. The minimum atomic E-state index is -1.71. The van der Waals surface area contributed by atoms with Crippen molar-refractivity contribution < 1.29 is 49.3 Å². The van der Waals surface area contributed by atoms with Gasteiger partial charge in [-0.3, -0.25) is 4.79 Å². The number of aromatic hydroxyl groups is 2. The number of rotatable bonds is 5. The molecule has 4 rings (SSSR count). The summed E-state index contributed by atoms with van der Waals surface area (Å²) in [6.07, 6.45) is -7.76. The van der Waals surface area contributed by atoms with E-state index >= 15 is 0 Å². The number of hydrogen-bond donors (Lipinski definition) is 6. The summed E-state index contributed by atoms with van der Waals surface area (Å²) in [4.78, 5) is 13.0. The molecule has 1 fully saturated rings. The number of methoxy groups -OCH3 is 1. The Hall–Kier alpha value is -3.35. The Balaban J connectivity index is 1.76. The molecule has 1 aliphatic heterocycles. The van der Waals surface area contributed by atoms with Crippen molar-refractivity contribution in [3.05, 3.63) is 46.6 Å². The van der Waals surface area contributed by atoms with Gasteiger partial charge in [-0.05, 0) is 18.2 Å². The van der Waals surface area contributed by atoms with Crippen LogP contribution in [0.2, 0.25) is 0 Å². The van der Waals surface area contributed by atoms with Crippen LogP contribution in [-0.4, -0.2) is 75.1 Å². The number of phenolic OH excluding ortho intramolecular Hbond substituents is 2. The number of benzene rings is 2. The molecule has 0 amide bonds. The normalized spacial score (nSPS) is 25.2. The Kier molecular flexibility index (Phi) is 6.15. The fraction of sp³-hybridized carbons (Fsp3) is 0.318. The van der Waals surface area contributed by atoms with Gasteiger partial charge >= 0.3 is 0 Å². The Morgan fingerprint density at radius 1 is 0.970 bits per heavy atom. The van der Waals surface area contributed by atoms with E-state index in [4.69, 9.17) is 18.6 Å². The van der Waals surface area contributed by atoms with Gasteiger partial charge < -0.3 is 49.3 Å². The average Bonchev–Trinajstić information content (AvgIpc) is 2.79. The van der Waals surface area contributed by atoms with Crippen LogP contribution in [0.25, 0.3) is 22.3 Å². The van der Waals surface area contributed by atoms with Gasteiger partial charge in [0.25, 0.3) is 0 Å². The van der Waals surface area contributed by atoms with Gasteiger partial charge in [-0.15, -0.1) is 0 Å². The molecule has 0 aliphatic carbocycles. The van der Waals surface area contributed by atoms with Crippen LogP contribution in [0.5, 0.6) is 23.0 Å². The van der Waals surface area contributed by atoms with Crippen LogP contribution in [0.4, 0.5) is 0 Å². The van der Waals surface area contributed by atoms with Gasteiger partial charge in [-0.1, -0.05) is 0 Å². The Morgan fingerprint density at radius 2 is 1.73 bits per heavy atom. The number of phenols is 2. The number of fused-ring (bicyclic) bond motifs is 1. The molecule has 5 atom stereocenters. The predicted octanol–water partition coefficient (Wildman–Crippen LogP) is 0.0585. The molecule has 0 radical (unpaired) electrons. The molecule has 1 aliphatic rings. The van der Waals surface area contributed by atoms with Crippen molar-refractivity contribution in [1.29, 1.82) is 0 Å². The lowest BCUT2D eigenvalue weighted by Gasteiger charge is -2.39. The number of aliphatic hydroxyl groups is 4. The topological polar surface area (TPSA) is 179 Å². The van der Waals surface area contributed by atoms with Gasteiger partial charge in [0.2, 0.25) is 6.29 Å². The van der Waals surface area contributed by atoms with Crippen LogP contribution in [0.3, 0.4) is 0 Å². The molecule has 1 aromatic heterocycles. The van der Waals surface area contributed by atoms with Crippen molar-refractivity contribution in [3.63, 3.8) is 0 Å². The smallest absolute Gasteiger partial charge is 0.229 e. The van der Waals surface area contributed by atoms with E-state index in [1.807, 2.05) is 0 Å². The first-order valence-electron chi connectivity index (χ1n) is 9.89. The minimum Gasteiger partial charge on any atom is -0.508 e. The maximum atomic E-state index is 13.0. The number of aliphatic hydroxyl groups excluding tert-OH is 4. The summed E-state index contributed by atoms with van der Waals surface area (Å²) >= 11 is 0. The number of ether oxygens (including phenoxy) is 3. The molecule has 0 spiro atoms. The molecular weight excluding hydrogens is 440 g/mol. The maximum absolute atomic E-state index is 13.0. The van der Waals surface area contributed by atoms with Crippen LogP contribution in [-0.2, 0) is 4.74 Å². The molecule has 11 nitrogen and oxygen atoms in total. The van der Waals surface area contributed by atoms with Gasteiger partial charge in [0.05, 0.1) is 13.7 Å². The molecule has 6 N–H and O–H groups in total. The van der Waals surface area contributed by atoms with E-state index in [1.165, 1.54) is 37.4 Å². The van der Waals surface area contributed by atoms with Crippen molar-refractivity contribution in [2.45, 2.75) is 30.7 Å². The standard InChI is InChI=1S/C22H22O11/c1-30-14-4-9(2-3-11(14)25)13-7-12(26)18-15(31-13)5-10(24)6-16(18)32-22-21(29)20(28)19(27)17(8-23)33-22/h2-7,17,19-25,27-29H,8H2,1H3/t17-,19-,20-,21-,22-/m0/s1. The van der Waals surface area contributed by atoms with Gasteiger partial charge in [0.1, 0.15) is 52.6 Å². The second-order valence-corrected chi connectivity index (χ2v) is 7.49. The second kappa shape index (κ2) is 8.89. The average molecular weight is 462 g/mol. The SMILES string of the molecule is COc1cc(-c2cc(=O)c3c(O[C@H]4O[C@@H](CO)[C@H](O)[C@H](O)[C@@H]4O)cc(O)cc3o2)ccc1O. The zero-order chi connectivity index (χ0) is 23.9. The third kappa shape index (κ3) is 4.19. The van der Waals surface area contributed by atoms with Crippen molar-refractivity contribution in [1.82, 2.24) is 0 Å². The van der Waals surface area contributed by atoms with E-state index in [-0.39, 0.29) is 39.7 Å². The zero-order valence-electron chi connectivity index (χ0n) is 17.3. The fourth-order valence-corrected chi connectivity index (χ4v) is 3.59. The summed E-state index contributed by atoms with van der Waals surface area (Å²) in [6.45, 7) is -0.660. The van der Waals surface area contributed by atoms with E-state index in [2.05, 4.69) is 0 Å². The first-order valence-corrected chi connectivity index (χ1v) is 9.89. The highest BCUT2D eigenvalue weighted by molar-refractivity contribution is 5.86. The van der Waals surface area contributed by atoms with Gasteiger partial charge in [-0.2, -0.15) is 0 Å². The van der Waals surface area contributed by atoms with Crippen LogP contribution in [0.1, 0.15) is 0 Å². The highest BCUT2D eigenvalue weighted by Gasteiger charge is 2.45. The molecule has 0 bridgehead atoms. The first kappa shape index (κ1) is 22.8. The fourth-order valence-electron chi connectivity index (χ4n) is 3.59. The summed E-state index contributed by atoms with van der Waals surface area (Å²) in [7, 11) is 1.37. The summed E-state index contributed by atoms with van der Waals surface area (Å²) < 4.78 is 21.7. The van der Waals surface area contributed by atoms with Gasteiger partial charge in [0, 0.05) is 23.8 Å². The third-order valence-electron chi connectivity index (χ3n) is 5.34. The molecule has 1 saturated heterocycles. The first-order chi connectivity index (χ1) is 15.7. The largest absolute Gasteiger partial charge is 0.508 e. The minimum absolute atomic E-state index is 0.0517. The Morgan fingerprint density at radius 3 is 2.42 bits per heavy atom. The lowest BCUT2D eigenvalue weighted by atomic mass is 9.99. The highest BCUT2D eigenvalue weighted by atomic mass is 16.7. The quantitative estimate of drug-likeness (QED) is 0.302. The highest BCUT2D eigenvalue weighted by Crippen LogP contribution is 2.35.